The molecule has 0 bridgehead atoms. The summed E-state index contributed by atoms with van der Waals surface area (Å²) < 4.78 is 0. The van der Waals surface area contributed by atoms with Crippen LogP contribution in [0.4, 0.5) is 0 Å². The zero-order valence-electron chi connectivity index (χ0n) is 7.06. The monoisotopic (exact) mass is 141 g/mol. The number of amides is 1. The quantitative estimate of drug-likeness (QED) is 0.577. The summed E-state index contributed by atoms with van der Waals surface area (Å²) >= 11 is 0. The molecule has 0 radical (unpaired) electrons. The zero-order chi connectivity index (χ0) is 8.15. The van der Waals surface area contributed by atoms with Crippen molar-refractivity contribution in [2.45, 2.75) is 20.8 Å². The van der Waals surface area contributed by atoms with Gasteiger partial charge in [-0.3, -0.25) is 4.79 Å². The van der Waals surface area contributed by atoms with Crippen LogP contribution in [-0.2, 0) is 4.79 Å². The van der Waals surface area contributed by atoms with Crippen LogP contribution in [-0.4, -0.2) is 13.0 Å². The molecule has 1 amide bonds. The van der Waals surface area contributed by atoms with E-state index < -0.39 is 0 Å². The van der Waals surface area contributed by atoms with Crippen molar-refractivity contribution in [1.82, 2.24) is 5.32 Å². The van der Waals surface area contributed by atoms with Crippen molar-refractivity contribution in [3.8, 4) is 0 Å². The number of rotatable bonds is 2. The van der Waals surface area contributed by atoms with E-state index in [0.29, 0.717) is 0 Å². The molecule has 0 aromatic heterocycles. The van der Waals surface area contributed by atoms with Crippen LogP contribution in [0.15, 0.2) is 11.6 Å². The minimum atomic E-state index is -0.00463. The van der Waals surface area contributed by atoms with E-state index in [4.69, 9.17) is 0 Å². The van der Waals surface area contributed by atoms with Gasteiger partial charge in [0.2, 0.25) is 5.91 Å². The summed E-state index contributed by atoms with van der Waals surface area (Å²) in [6, 6.07) is 0. The Balaban J connectivity index is 3.96. The minimum Gasteiger partial charge on any atom is -0.359 e. The summed E-state index contributed by atoms with van der Waals surface area (Å²) in [6.45, 7) is 5.85. The minimum absolute atomic E-state index is 0.00463. The Bertz CT molecular complexity index is 145. The van der Waals surface area contributed by atoms with Gasteiger partial charge in [0.1, 0.15) is 0 Å². The molecule has 0 rings (SSSR count). The molecule has 0 saturated heterocycles. The third-order valence-electron chi connectivity index (χ3n) is 1.24. The van der Waals surface area contributed by atoms with Crippen molar-refractivity contribution in [2.75, 3.05) is 7.05 Å². The average Bonchev–Trinajstić information content (AvgIpc) is 1.85. The molecule has 0 unspecified atom stereocenters. The van der Waals surface area contributed by atoms with Crippen molar-refractivity contribution in [3.05, 3.63) is 11.6 Å². The van der Waals surface area contributed by atoms with E-state index in [0.717, 1.165) is 0 Å². The Labute approximate surface area is 62.3 Å². The lowest BCUT2D eigenvalue weighted by Crippen LogP contribution is -2.23. The summed E-state index contributed by atoms with van der Waals surface area (Å²) in [4.78, 5) is 10.9. The van der Waals surface area contributed by atoms with Gasteiger partial charge in [-0.1, -0.05) is 18.6 Å². The summed E-state index contributed by atoms with van der Waals surface area (Å²) in [5.41, 5.74) is 1.18. The highest BCUT2D eigenvalue weighted by Gasteiger charge is 2.05. The second-order valence-corrected chi connectivity index (χ2v) is 2.65. The number of allylic oxidation sites excluding steroid dienone is 1. The first-order chi connectivity index (χ1) is 4.57. The Kier molecular flexibility index (Phi) is 3.77. The normalized spacial score (nSPS) is 12.0. The predicted molar refractivity (Wildman–Crippen MR) is 42.7 cm³/mol. The lowest BCUT2D eigenvalue weighted by atomic mass is 10.1. The van der Waals surface area contributed by atoms with Crippen molar-refractivity contribution in [1.29, 1.82) is 0 Å². The fourth-order valence-corrected chi connectivity index (χ4v) is 0.803. The molecule has 0 spiro atoms. The SMILES string of the molecule is CNC(=O)[C@H](C)C=C(C)C. The van der Waals surface area contributed by atoms with Gasteiger partial charge in [0.05, 0.1) is 5.92 Å². The van der Waals surface area contributed by atoms with Gasteiger partial charge in [0.25, 0.3) is 0 Å². The summed E-state index contributed by atoms with van der Waals surface area (Å²) in [6.07, 6.45) is 1.94. The van der Waals surface area contributed by atoms with E-state index in [-0.39, 0.29) is 11.8 Å². The van der Waals surface area contributed by atoms with Crippen molar-refractivity contribution < 1.29 is 4.79 Å². The molecule has 0 saturated carbocycles. The van der Waals surface area contributed by atoms with Gasteiger partial charge in [-0.2, -0.15) is 0 Å². The second-order valence-electron chi connectivity index (χ2n) is 2.65. The van der Waals surface area contributed by atoms with Crippen LogP contribution in [0, 0.1) is 5.92 Å². The standard InChI is InChI=1S/C8H15NO/c1-6(2)5-7(3)8(10)9-4/h5,7H,1-4H3,(H,9,10)/t7-/m1/s1. The van der Waals surface area contributed by atoms with Gasteiger partial charge < -0.3 is 5.32 Å². The Hall–Kier alpha value is -0.790. The molecule has 0 aliphatic carbocycles. The molecule has 0 aromatic carbocycles. The molecule has 10 heavy (non-hydrogen) atoms. The Morgan fingerprint density at radius 2 is 2.00 bits per heavy atom. The Morgan fingerprint density at radius 1 is 1.50 bits per heavy atom. The highest BCUT2D eigenvalue weighted by Crippen LogP contribution is 2.01. The van der Waals surface area contributed by atoms with E-state index in [1.54, 1.807) is 7.05 Å². The number of nitrogens with one attached hydrogen (secondary N) is 1. The van der Waals surface area contributed by atoms with Gasteiger partial charge in [-0.25, -0.2) is 0 Å². The summed E-state index contributed by atoms with van der Waals surface area (Å²) in [5.74, 6) is 0.0659. The molecule has 1 atom stereocenters. The molecule has 0 aliphatic rings. The lowest BCUT2D eigenvalue weighted by molar-refractivity contribution is -0.122. The van der Waals surface area contributed by atoms with Gasteiger partial charge in [-0.15, -0.1) is 0 Å². The van der Waals surface area contributed by atoms with E-state index in [1.165, 1.54) is 5.57 Å². The average molecular weight is 141 g/mol. The molecule has 1 N–H and O–H groups in total. The van der Waals surface area contributed by atoms with Gasteiger partial charge in [-0.05, 0) is 13.8 Å². The number of carbonyl (C=O) groups excluding carboxylic acids is 1. The maximum atomic E-state index is 10.9. The number of carbonyl (C=O) groups is 1. The first kappa shape index (κ1) is 9.21. The smallest absolute Gasteiger partial charge is 0.226 e. The van der Waals surface area contributed by atoms with Crippen LogP contribution in [0.1, 0.15) is 20.8 Å². The van der Waals surface area contributed by atoms with E-state index in [1.807, 2.05) is 26.8 Å². The highest BCUT2D eigenvalue weighted by atomic mass is 16.1. The van der Waals surface area contributed by atoms with Gasteiger partial charge >= 0.3 is 0 Å². The molecule has 0 aromatic rings. The maximum absolute atomic E-state index is 10.9. The van der Waals surface area contributed by atoms with Gasteiger partial charge in [0, 0.05) is 7.05 Å². The van der Waals surface area contributed by atoms with E-state index >= 15 is 0 Å². The molecule has 58 valence electrons. The van der Waals surface area contributed by atoms with Crippen LogP contribution < -0.4 is 5.32 Å². The van der Waals surface area contributed by atoms with E-state index in [2.05, 4.69) is 5.32 Å². The molecule has 0 heterocycles. The third-order valence-corrected chi connectivity index (χ3v) is 1.24. The fraction of sp³-hybridized carbons (Fsp3) is 0.625. The number of hydrogen-bond donors (Lipinski definition) is 1. The molecule has 2 heteroatoms. The maximum Gasteiger partial charge on any atom is 0.226 e. The van der Waals surface area contributed by atoms with E-state index in [9.17, 15) is 4.79 Å². The number of hydrogen-bond acceptors (Lipinski definition) is 1. The molecular weight excluding hydrogens is 126 g/mol. The first-order valence-electron chi connectivity index (χ1n) is 3.44. The zero-order valence-corrected chi connectivity index (χ0v) is 7.06. The van der Waals surface area contributed by atoms with Crippen molar-refractivity contribution in [2.24, 2.45) is 5.92 Å². The van der Waals surface area contributed by atoms with Crippen LogP contribution in [0.25, 0.3) is 0 Å². The topological polar surface area (TPSA) is 29.1 Å². The molecular formula is C8H15NO. The lowest BCUT2D eigenvalue weighted by Gasteiger charge is -2.03. The predicted octanol–water partition coefficient (Wildman–Crippen LogP) is 1.33. The molecule has 2 nitrogen and oxygen atoms in total. The second kappa shape index (κ2) is 4.09. The van der Waals surface area contributed by atoms with Crippen LogP contribution in [0.5, 0.6) is 0 Å². The molecule has 0 fully saturated rings. The summed E-state index contributed by atoms with van der Waals surface area (Å²) in [7, 11) is 1.65. The van der Waals surface area contributed by atoms with Crippen LogP contribution in [0.3, 0.4) is 0 Å². The van der Waals surface area contributed by atoms with Gasteiger partial charge in [0.15, 0.2) is 0 Å². The third kappa shape index (κ3) is 3.28. The fourth-order valence-electron chi connectivity index (χ4n) is 0.803. The molecule has 0 aliphatic heterocycles. The van der Waals surface area contributed by atoms with Crippen molar-refractivity contribution >= 4 is 5.91 Å². The summed E-state index contributed by atoms with van der Waals surface area (Å²) in [5, 5.41) is 2.59. The van der Waals surface area contributed by atoms with Crippen molar-refractivity contribution in [3.63, 3.8) is 0 Å². The largest absolute Gasteiger partial charge is 0.359 e. The first-order valence-corrected chi connectivity index (χ1v) is 3.44. The van der Waals surface area contributed by atoms with Crippen LogP contribution in [0.2, 0.25) is 0 Å². The Morgan fingerprint density at radius 3 is 2.30 bits per heavy atom. The highest BCUT2D eigenvalue weighted by molar-refractivity contribution is 5.79. The van der Waals surface area contributed by atoms with Crippen LogP contribution >= 0.6 is 0 Å².